The molecule has 7 nitrogen and oxygen atoms in total. The van der Waals surface area contributed by atoms with Crippen molar-refractivity contribution in [2.45, 2.75) is 49.8 Å². The first-order chi connectivity index (χ1) is 11.2. The Bertz CT molecular complexity index is 683. The van der Waals surface area contributed by atoms with E-state index in [1.165, 1.54) is 0 Å². The largest absolute Gasteiger partial charge is 0.353 e. The van der Waals surface area contributed by atoms with Gasteiger partial charge in [0.05, 0.1) is 24.8 Å². The molecule has 3 saturated heterocycles. The van der Waals surface area contributed by atoms with Crippen molar-refractivity contribution >= 4 is 11.8 Å². The highest BCUT2D eigenvalue weighted by Crippen LogP contribution is 2.45. The van der Waals surface area contributed by atoms with Gasteiger partial charge in [-0.1, -0.05) is 5.16 Å². The minimum atomic E-state index is -0.607. The molecule has 2 atom stereocenters. The van der Waals surface area contributed by atoms with Gasteiger partial charge in [-0.2, -0.15) is 0 Å². The number of hydrogen-bond acceptors (Lipinski definition) is 5. The van der Waals surface area contributed by atoms with E-state index in [2.05, 4.69) is 5.16 Å². The quantitative estimate of drug-likeness (QED) is 0.817. The van der Waals surface area contributed by atoms with Crippen LogP contribution in [0.4, 0.5) is 0 Å². The Morgan fingerprint density at radius 2 is 2.22 bits per heavy atom. The Labute approximate surface area is 133 Å². The van der Waals surface area contributed by atoms with E-state index in [9.17, 15) is 9.59 Å². The predicted octanol–water partition coefficient (Wildman–Crippen LogP) is 1.12. The molecule has 0 N–H and O–H groups in total. The topological polar surface area (TPSA) is 75.9 Å². The van der Waals surface area contributed by atoms with Crippen LogP contribution in [0.1, 0.15) is 54.3 Å². The summed E-state index contributed by atoms with van der Waals surface area (Å²) >= 11 is 0. The second-order valence-electron chi connectivity index (χ2n) is 6.95. The SMILES string of the molecule is O=C(c1cc(C2CC2)no1)N1CC[C@@]23OCCCN2C(=O)C[C@@H]13. The summed E-state index contributed by atoms with van der Waals surface area (Å²) in [7, 11) is 0. The number of aromatic nitrogens is 1. The zero-order chi connectivity index (χ0) is 15.6. The predicted molar refractivity (Wildman–Crippen MR) is 77.5 cm³/mol. The number of nitrogens with zero attached hydrogens (tertiary/aromatic N) is 3. The van der Waals surface area contributed by atoms with Gasteiger partial charge in [0.25, 0.3) is 5.91 Å². The summed E-state index contributed by atoms with van der Waals surface area (Å²) < 4.78 is 11.3. The number of likely N-dealkylation sites (tertiary alicyclic amines) is 1. The van der Waals surface area contributed by atoms with Gasteiger partial charge in [0.15, 0.2) is 5.72 Å². The summed E-state index contributed by atoms with van der Waals surface area (Å²) in [6.07, 6.45) is 4.12. The molecule has 0 unspecified atom stereocenters. The maximum absolute atomic E-state index is 12.8. The summed E-state index contributed by atoms with van der Waals surface area (Å²) in [6.45, 7) is 1.97. The van der Waals surface area contributed by atoms with E-state index < -0.39 is 5.72 Å². The normalized spacial score (nSPS) is 33.0. The molecule has 4 heterocycles. The van der Waals surface area contributed by atoms with Gasteiger partial charge >= 0.3 is 0 Å². The third-order valence-corrected chi connectivity index (χ3v) is 5.61. The molecule has 7 heteroatoms. The average Bonchev–Trinajstić information content (AvgIpc) is 3.08. The zero-order valence-electron chi connectivity index (χ0n) is 12.9. The molecule has 5 rings (SSSR count). The second-order valence-corrected chi connectivity index (χ2v) is 6.95. The van der Waals surface area contributed by atoms with E-state index in [0.29, 0.717) is 31.9 Å². The molecule has 0 aromatic carbocycles. The fourth-order valence-corrected chi connectivity index (χ4v) is 4.30. The van der Waals surface area contributed by atoms with Crippen LogP contribution in [-0.2, 0) is 9.53 Å². The number of ether oxygens (including phenoxy) is 1. The van der Waals surface area contributed by atoms with Crippen LogP contribution in [-0.4, -0.2) is 58.2 Å². The molecule has 1 spiro atoms. The van der Waals surface area contributed by atoms with Crippen molar-refractivity contribution in [3.8, 4) is 0 Å². The average molecular weight is 317 g/mol. The van der Waals surface area contributed by atoms with E-state index in [-0.39, 0.29) is 23.6 Å². The molecule has 4 aliphatic rings. The third-order valence-electron chi connectivity index (χ3n) is 5.61. The van der Waals surface area contributed by atoms with Gasteiger partial charge in [-0.25, -0.2) is 0 Å². The lowest BCUT2D eigenvalue weighted by Crippen LogP contribution is -2.56. The van der Waals surface area contributed by atoms with Crippen LogP contribution in [0.15, 0.2) is 10.6 Å². The molecular formula is C16H19N3O4. The molecule has 1 saturated carbocycles. The van der Waals surface area contributed by atoms with Crippen LogP contribution in [0, 0.1) is 0 Å². The summed E-state index contributed by atoms with van der Waals surface area (Å²) in [5.41, 5.74) is 0.268. The lowest BCUT2D eigenvalue weighted by molar-refractivity contribution is -0.179. The van der Waals surface area contributed by atoms with Gasteiger partial charge in [-0.3, -0.25) is 9.59 Å². The van der Waals surface area contributed by atoms with E-state index in [1.807, 2.05) is 4.90 Å². The second kappa shape index (κ2) is 4.56. The van der Waals surface area contributed by atoms with Crippen molar-refractivity contribution in [3.63, 3.8) is 0 Å². The first-order valence-electron chi connectivity index (χ1n) is 8.41. The van der Waals surface area contributed by atoms with Gasteiger partial charge in [0, 0.05) is 31.5 Å². The Kier molecular flexibility index (Phi) is 2.69. The van der Waals surface area contributed by atoms with Crippen LogP contribution in [0.2, 0.25) is 0 Å². The van der Waals surface area contributed by atoms with Gasteiger partial charge in [-0.05, 0) is 19.3 Å². The van der Waals surface area contributed by atoms with E-state index in [1.54, 1.807) is 11.0 Å². The highest BCUT2D eigenvalue weighted by Gasteiger charge is 2.61. The van der Waals surface area contributed by atoms with Gasteiger partial charge in [0.1, 0.15) is 0 Å². The molecule has 1 aromatic rings. The first-order valence-corrected chi connectivity index (χ1v) is 8.41. The van der Waals surface area contributed by atoms with Gasteiger partial charge in [-0.15, -0.1) is 0 Å². The Balaban J connectivity index is 1.43. The number of hydrogen-bond donors (Lipinski definition) is 0. The van der Waals surface area contributed by atoms with E-state index >= 15 is 0 Å². The molecule has 122 valence electrons. The minimum Gasteiger partial charge on any atom is -0.353 e. The monoisotopic (exact) mass is 317 g/mol. The van der Waals surface area contributed by atoms with Crippen molar-refractivity contribution in [2.75, 3.05) is 19.7 Å². The molecule has 0 radical (unpaired) electrons. The van der Waals surface area contributed by atoms with E-state index in [4.69, 9.17) is 9.26 Å². The number of rotatable bonds is 2. The lowest BCUT2D eigenvalue weighted by Gasteiger charge is -2.42. The van der Waals surface area contributed by atoms with Crippen molar-refractivity contribution in [1.82, 2.24) is 15.0 Å². The first kappa shape index (κ1) is 13.5. The Morgan fingerprint density at radius 3 is 3.04 bits per heavy atom. The highest BCUT2D eigenvalue weighted by atomic mass is 16.5. The van der Waals surface area contributed by atoms with Gasteiger partial charge < -0.3 is 19.1 Å². The number of carbonyl (C=O) groups is 2. The van der Waals surface area contributed by atoms with Gasteiger partial charge in [0.2, 0.25) is 11.7 Å². The summed E-state index contributed by atoms with van der Waals surface area (Å²) in [6, 6.07) is 1.55. The third kappa shape index (κ3) is 1.83. The Hall–Kier alpha value is -1.89. The van der Waals surface area contributed by atoms with Crippen LogP contribution in [0.25, 0.3) is 0 Å². The summed E-state index contributed by atoms with van der Waals surface area (Å²) in [4.78, 5) is 28.7. The maximum atomic E-state index is 12.8. The molecule has 0 bridgehead atoms. The van der Waals surface area contributed by atoms with Crippen molar-refractivity contribution < 1.29 is 18.8 Å². The van der Waals surface area contributed by atoms with E-state index in [0.717, 1.165) is 31.5 Å². The molecule has 3 aliphatic heterocycles. The van der Waals surface area contributed by atoms with Crippen LogP contribution in [0.3, 0.4) is 0 Å². The van der Waals surface area contributed by atoms with Crippen LogP contribution >= 0.6 is 0 Å². The number of amides is 2. The smallest absolute Gasteiger partial charge is 0.292 e. The van der Waals surface area contributed by atoms with Crippen LogP contribution in [0.5, 0.6) is 0 Å². The molecular weight excluding hydrogens is 298 g/mol. The maximum Gasteiger partial charge on any atom is 0.292 e. The van der Waals surface area contributed by atoms with Crippen molar-refractivity contribution in [1.29, 1.82) is 0 Å². The standard InChI is InChI=1S/C16H19N3O4/c20-14-9-13-16(19(14)5-1-7-22-16)4-6-18(13)15(21)12-8-11(17-23-12)10-2-3-10/h8,10,13H,1-7,9H2/t13-,16+/m1/s1. The highest BCUT2D eigenvalue weighted by molar-refractivity contribution is 5.93. The van der Waals surface area contributed by atoms with Crippen molar-refractivity contribution in [3.05, 3.63) is 17.5 Å². The molecule has 1 aliphatic carbocycles. The van der Waals surface area contributed by atoms with Crippen LogP contribution < -0.4 is 0 Å². The zero-order valence-corrected chi connectivity index (χ0v) is 12.9. The molecule has 4 fully saturated rings. The summed E-state index contributed by atoms with van der Waals surface area (Å²) in [5.74, 6) is 0.652. The fraction of sp³-hybridized carbons (Fsp3) is 0.688. The number of carbonyl (C=O) groups excluding carboxylic acids is 2. The molecule has 1 aromatic heterocycles. The Morgan fingerprint density at radius 1 is 1.35 bits per heavy atom. The fourth-order valence-electron chi connectivity index (χ4n) is 4.30. The molecule has 2 amide bonds. The lowest BCUT2D eigenvalue weighted by atomic mass is 10.0. The van der Waals surface area contributed by atoms with Crippen molar-refractivity contribution in [2.24, 2.45) is 0 Å². The summed E-state index contributed by atoms with van der Waals surface area (Å²) in [5, 5.41) is 4.02. The minimum absolute atomic E-state index is 0.0865. The molecule has 23 heavy (non-hydrogen) atoms.